The van der Waals surface area contributed by atoms with E-state index in [9.17, 15) is 9.59 Å². The van der Waals surface area contributed by atoms with Gasteiger partial charge in [-0.1, -0.05) is 54.6 Å². The van der Waals surface area contributed by atoms with Crippen LogP contribution in [0, 0.1) is 0 Å². The van der Waals surface area contributed by atoms with Gasteiger partial charge in [0.15, 0.2) is 0 Å². The molecule has 0 radical (unpaired) electrons. The summed E-state index contributed by atoms with van der Waals surface area (Å²) in [5.74, 6) is 0.449. The monoisotopic (exact) mass is 539 g/mol. The molecule has 1 aliphatic heterocycles. The fourth-order valence-electron chi connectivity index (χ4n) is 5.40. The summed E-state index contributed by atoms with van der Waals surface area (Å²) in [6.07, 6.45) is 2.33. The number of piperazine rings is 1. The second-order valence-electron chi connectivity index (χ2n) is 10.3. The van der Waals surface area contributed by atoms with Crippen LogP contribution in [0.25, 0.3) is 10.9 Å². The molecular weight excluding hydrogens is 502 g/mol. The number of nitrogens with zero attached hydrogens (tertiary/aromatic N) is 3. The van der Waals surface area contributed by atoms with Gasteiger partial charge in [-0.3, -0.25) is 14.5 Å². The number of carbonyl (C=O) groups is 2. The van der Waals surface area contributed by atoms with Crippen LogP contribution in [0.2, 0.25) is 0 Å². The zero-order chi connectivity index (χ0) is 27.9. The number of hydrogen-bond donors (Lipinski definition) is 2. The zero-order valence-corrected chi connectivity index (χ0v) is 23.2. The lowest BCUT2D eigenvalue weighted by atomic mass is 10.0. The molecule has 3 aromatic carbocycles. The summed E-state index contributed by atoms with van der Waals surface area (Å²) in [5.41, 5.74) is 4.12. The van der Waals surface area contributed by atoms with Crippen LogP contribution in [0.3, 0.4) is 0 Å². The summed E-state index contributed by atoms with van der Waals surface area (Å²) < 4.78 is 5.48. The second kappa shape index (κ2) is 12.7. The van der Waals surface area contributed by atoms with E-state index in [0.717, 1.165) is 54.0 Å². The predicted molar refractivity (Wildman–Crippen MR) is 158 cm³/mol. The fourth-order valence-corrected chi connectivity index (χ4v) is 5.40. The van der Waals surface area contributed by atoms with E-state index >= 15 is 0 Å². The highest BCUT2D eigenvalue weighted by molar-refractivity contribution is 5.90. The Morgan fingerprint density at radius 3 is 2.40 bits per heavy atom. The minimum absolute atomic E-state index is 0.140. The zero-order valence-electron chi connectivity index (χ0n) is 23.2. The number of amides is 2. The van der Waals surface area contributed by atoms with E-state index in [4.69, 9.17) is 4.74 Å². The molecule has 2 N–H and O–H groups in total. The number of likely N-dealkylation sites (N-methyl/N-ethyl adjacent to an activating group) is 1. The molecule has 1 saturated heterocycles. The van der Waals surface area contributed by atoms with E-state index in [1.54, 1.807) is 19.1 Å². The Bertz CT molecular complexity index is 1430. The van der Waals surface area contributed by atoms with Crippen molar-refractivity contribution in [2.24, 2.45) is 0 Å². The molecule has 5 rings (SSSR count). The fraction of sp³-hybridized carbons (Fsp3) is 0.312. The molecule has 1 atom stereocenters. The van der Waals surface area contributed by atoms with Crippen molar-refractivity contribution in [3.63, 3.8) is 0 Å². The average Bonchev–Trinajstić information content (AvgIpc) is 3.40. The van der Waals surface area contributed by atoms with Gasteiger partial charge in [0.05, 0.1) is 13.7 Å². The van der Waals surface area contributed by atoms with Crippen LogP contribution in [0.4, 0.5) is 5.69 Å². The number of anilines is 1. The highest BCUT2D eigenvalue weighted by atomic mass is 16.5. The molecule has 1 aromatic heterocycles. The maximum absolute atomic E-state index is 13.8. The number of carbonyl (C=O) groups excluding carboxylic acids is 2. The van der Waals surface area contributed by atoms with Gasteiger partial charge in [-0.25, -0.2) is 0 Å². The summed E-state index contributed by atoms with van der Waals surface area (Å²) in [6.45, 7) is 3.93. The van der Waals surface area contributed by atoms with Crippen LogP contribution < -0.4 is 15.0 Å². The number of methoxy groups -OCH3 is 1. The second-order valence-corrected chi connectivity index (χ2v) is 10.3. The predicted octanol–water partition coefficient (Wildman–Crippen LogP) is 3.68. The molecule has 8 heteroatoms. The molecule has 2 heterocycles. The first-order valence-corrected chi connectivity index (χ1v) is 13.8. The van der Waals surface area contributed by atoms with Gasteiger partial charge in [-0.2, -0.15) is 0 Å². The molecule has 0 spiro atoms. The summed E-state index contributed by atoms with van der Waals surface area (Å²) in [5, 5.41) is 4.13. The standard InChI is InChI=1S/C32H37N5O3/c1-35(22-24-10-6-9-15-30(24)40-2)32(39)29(20-25-21-33-28-14-8-7-13-27(25)28)34-31(38)23-36-16-18-37(19-17-36)26-11-4-3-5-12-26/h3-15,21,29,33H,16-20,22-23H2,1-2H3,(H,34,38). The molecule has 1 aliphatic rings. The number of hydrogen-bond acceptors (Lipinski definition) is 5. The SMILES string of the molecule is COc1ccccc1CN(C)C(=O)C(Cc1c[nH]c2ccccc12)NC(=O)CN1CCN(c2ccccc2)CC1. The molecule has 4 aromatic rings. The van der Waals surface area contributed by atoms with E-state index < -0.39 is 6.04 Å². The van der Waals surface area contributed by atoms with E-state index in [-0.39, 0.29) is 18.4 Å². The van der Waals surface area contributed by atoms with Crippen LogP contribution in [0.1, 0.15) is 11.1 Å². The Kier molecular flexibility index (Phi) is 8.66. The summed E-state index contributed by atoms with van der Waals surface area (Å²) >= 11 is 0. The number of H-pyrrole nitrogens is 1. The number of rotatable bonds is 10. The quantitative estimate of drug-likeness (QED) is 0.321. The highest BCUT2D eigenvalue weighted by Gasteiger charge is 2.27. The summed E-state index contributed by atoms with van der Waals surface area (Å²) in [6, 6.07) is 25.3. The molecule has 2 amide bonds. The highest BCUT2D eigenvalue weighted by Crippen LogP contribution is 2.22. The van der Waals surface area contributed by atoms with Gasteiger partial charge < -0.3 is 24.8 Å². The lowest BCUT2D eigenvalue weighted by Crippen LogP contribution is -2.53. The lowest BCUT2D eigenvalue weighted by molar-refractivity contribution is -0.136. The van der Waals surface area contributed by atoms with Crippen LogP contribution in [0.5, 0.6) is 5.75 Å². The van der Waals surface area contributed by atoms with Crippen molar-refractivity contribution in [1.29, 1.82) is 0 Å². The van der Waals surface area contributed by atoms with Gasteiger partial charge in [0, 0.05) is 74.5 Å². The molecule has 8 nitrogen and oxygen atoms in total. The van der Waals surface area contributed by atoms with Crippen molar-refractivity contribution in [3.8, 4) is 5.75 Å². The van der Waals surface area contributed by atoms with Gasteiger partial charge in [0.2, 0.25) is 11.8 Å². The first-order chi connectivity index (χ1) is 19.5. The van der Waals surface area contributed by atoms with Crippen molar-refractivity contribution in [2.75, 3.05) is 51.8 Å². The third-order valence-corrected chi connectivity index (χ3v) is 7.57. The minimum Gasteiger partial charge on any atom is -0.496 e. The smallest absolute Gasteiger partial charge is 0.245 e. The number of fused-ring (bicyclic) bond motifs is 1. The van der Waals surface area contributed by atoms with Gasteiger partial charge in [-0.15, -0.1) is 0 Å². The molecule has 1 fully saturated rings. The van der Waals surface area contributed by atoms with E-state index in [0.29, 0.717) is 13.0 Å². The van der Waals surface area contributed by atoms with Gasteiger partial charge in [0.1, 0.15) is 11.8 Å². The maximum atomic E-state index is 13.8. The van der Waals surface area contributed by atoms with E-state index in [2.05, 4.69) is 32.2 Å². The van der Waals surface area contributed by atoms with Crippen LogP contribution in [-0.2, 0) is 22.6 Å². The number of nitrogens with one attached hydrogen (secondary N) is 2. The molecule has 0 bridgehead atoms. The number of aromatic amines is 1. The van der Waals surface area contributed by atoms with E-state index in [1.165, 1.54) is 5.69 Å². The molecule has 208 valence electrons. The van der Waals surface area contributed by atoms with Crippen LogP contribution >= 0.6 is 0 Å². The molecule has 0 aliphatic carbocycles. The van der Waals surface area contributed by atoms with Gasteiger partial charge in [0.25, 0.3) is 0 Å². The van der Waals surface area contributed by atoms with Crippen LogP contribution in [0.15, 0.2) is 85.1 Å². The van der Waals surface area contributed by atoms with Gasteiger partial charge in [-0.05, 0) is 29.8 Å². The number of ether oxygens (including phenoxy) is 1. The molecule has 1 unspecified atom stereocenters. The molecule has 0 saturated carbocycles. The molecular formula is C32H37N5O3. The van der Waals surface area contributed by atoms with Crippen molar-refractivity contribution >= 4 is 28.4 Å². The Morgan fingerprint density at radius 2 is 1.62 bits per heavy atom. The van der Waals surface area contributed by atoms with Gasteiger partial charge >= 0.3 is 0 Å². The van der Waals surface area contributed by atoms with Crippen molar-refractivity contribution in [2.45, 2.75) is 19.0 Å². The number of aromatic nitrogens is 1. The van der Waals surface area contributed by atoms with E-state index in [1.807, 2.05) is 72.9 Å². The van der Waals surface area contributed by atoms with Crippen molar-refractivity contribution < 1.29 is 14.3 Å². The lowest BCUT2D eigenvalue weighted by Gasteiger charge is -2.36. The Balaban J connectivity index is 1.26. The Labute approximate surface area is 235 Å². The Hall–Kier alpha value is -4.30. The normalized spacial score (nSPS) is 14.6. The topological polar surface area (TPSA) is 80.9 Å². The number of para-hydroxylation sites is 3. The third-order valence-electron chi connectivity index (χ3n) is 7.57. The first-order valence-electron chi connectivity index (χ1n) is 13.8. The largest absolute Gasteiger partial charge is 0.496 e. The minimum atomic E-state index is -0.697. The average molecular weight is 540 g/mol. The van der Waals surface area contributed by atoms with Crippen molar-refractivity contribution in [1.82, 2.24) is 20.1 Å². The Morgan fingerprint density at radius 1 is 0.925 bits per heavy atom. The first kappa shape index (κ1) is 27.3. The maximum Gasteiger partial charge on any atom is 0.245 e. The number of benzene rings is 3. The third kappa shape index (κ3) is 6.46. The molecule has 40 heavy (non-hydrogen) atoms. The summed E-state index contributed by atoms with van der Waals surface area (Å²) in [7, 11) is 3.40. The summed E-state index contributed by atoms with van der Waals surface area (Å²) in [4.78, 5) is 36.5. The van der Waals surface area contributed by atoms with Crippen molar-refractivity contribution in [3.05, 3.63) is 96.2 Å². The van der Waals surface area contributed by atoms with Crippen LogP contribution in [-0.4, -0.2) is 79.5 Å².